The van der Waals surface area contributed by atoms with Crippen LogP contribution < -0.4 is 0 Å². The van der Waals surface area contributed by atoms with Gasteiger partial charge >= 0.3 is 17.9 Å². The number of amides is 4. The Morgan fingerprint density at radius 1 is 1.13 bits per heavy atom. The van der Waals surface area contributed by atoms with Crippen LogP contribution in [0.2, 0.25) is 0 Å². The summed E-state index contributed by atoms with van der Waals surface area (Å²) in [5.41, 5.74) is 0. The molecule has 2 heterocycles. The largest absolute Gasteiger partial charge is 0.374 e. The summed E-state index contributed by atoms with van der Waals surface area (Å²) >= 11 is 0. The van der Waals surface area contributed by atoms with Crippen LogP contribution in [0.5, 0.6) is 0 Å². The SMILES string of the molecule is CN1C(=O)N(O)C2(O)C1N(O)C(=O)N2O. The maximum atomic E-state index is 11.2. The van der Waals surface area contributed by atoms with E-state index in [0.717, 1.165) is 7.05 Å². The molecule has 10 nitrogen and oxygen atoms in total. The van der Waals surface area contributed by atoms with E-state index in [-0.39, 0.29) is 15.2 Å². The van der Waals surface area contributed by atoms with Crippen molar-refractivity contribution in [2.24, 2.45) is 0 Å². The van der Waals surface area contributed by atoms with Gasteiger partial charge in [-0.1, -0.05) is 0 Å². The number of aliphatic hydroxyl groups is 1. The van der Waals surface area contributed by atoms with Crippen molar-refractivity contribution in [3.05, 3.63) is 0 Å². The quantitative estimate of drug-likeness (QED) is 0.358. The molecule has 0 aromatic heterocycles. The number of carbonyl (C=O) groups excluding carboxylic acids is 2. The first-order valence-corrected chi connectivity index (χ1v) is 3.83. The smallest absolute Gasteiger partial charge is 0.347 e. The van der Waals surface area contributed by atoms with Gasteiger partial charge in [0.1, 0.15) is 0 Å². The van der Waals surface area contributed by atoms with Crippen molar-refractivity contribution in [2.75, 3.05) is 7.05 Å². The van der Waals surface area contributed by atoms with Gasteiger partial charge in [-0.15, -0.1) is 10.1 Å². The van der Waals surface area contributed by atoms with Crippen molar-refractivity contribution in [1.82, 2.24) is 20.1 Å². The molecule has 2 aliphatic heterocycles. The van der Waals surface area contributed by atoms with E-state index in [1.165, 1.54) is 0 Å². The predicted molar refractivity (Wildman–Crippen MR) is 38.2 cm³/mol. The Morgan fingerprint density at radius 2 is 1.60 bits per heavy atom. The zero-order chi connectivity index (χ0) is 11.5. The molecule has 2 aliphatic rings. The van der Waals surface area contributed by atoms with Gasteiger partial charge in [-0.2, -0.15) is 5.06 Å². The van der Waals surface area contributed by atoms with Crippen LogP contribution in [0.4, 0.5) is 9.59 Å². The molecule has 0 radical (unpaired) electrons. The number of hydroxylamine groups is 6. The zero-order valence-corrected chi connectivity index (χ0v) is 7.47. The maximum absolute atomic E-state index is 11.2. The minimum absolute atomic E-state index is 0.0614. The third-order valence-electron chi connectivity index (χ3n) is 2.43. The molecule has 0 aromatic rings. The lowest BCUT2D eigenvalue weighted by molar-refractivity contribution is -0.335. The minimum Gasteiger partial charge on any atom is -0.347 e. The van der Waals surface area contributed by atoms with Crippen molar-refractivity contribution in [3.8, 4) is 0 Å². The molecule has 2 unspecified atom stereocenters. The van der Waals surface area contributed by atoms with Crippen LogP contribution >= 0.6 is 0 Å². The monoisotopic (exact) mass is 220 g/mol. The fraction of sp³-hybridized carbons (Fsp3) is 0.600. The molecule has 0 saturated carbocycles. The van der Waals surface area contributed by atoms with Gasteiger partial charge in [0.15, 0.2) is 0 Å². The number of nitrogens with zero attached hydrogens (tertiary/aromatic N) is 4. The molecule has 15 heavy (non-hydrogen) atoms. The first kappa shape index (κ1) is 9.92. The average Bonchev–Trinajstić information content (AvgIpc) is 2.48. The molecular weight excluding hydrogens is 212 g/mol. The van der Waals surface area contributed by atoms with Crippen LogP contribution in [-0.2, 0) is 0 Å². The number of hydrogen-bond acceptors (Lipinski definition) is 6. The second kappa shape index (κ2) is 2.49. The van der Waals surface area contributed by atoms with Gasteiger partial charge in [0.05, 0.1) is 0 Å². The van der Waals surface area contributed by atoms with Crippen molar-refractivity contribution in [2.45, 2.75) is 12.0 Å². The number of urea groups is 2. The van der Waals surface area contributed by atoms with E-state index in [1.54, 1.807) is 0 Å². The van der Waals surface area contributed by atoms with E-state index >= 15 is 0 Å². The molecule has 2 fully saturated rings. The highest BCUT2D eigenvalue weighted by molar-refractivity contribution is 5.83. The van der Waals surface area contributed by atoms with Crippen LogP contribution in [0.25, 0.3) is 0 Å². The van der Waals surface area contributed by atoms with Crippen molar-refractivity contribution >= 4 is 12.1 Å². The Morgan fingerprint density at radius 3 is 2.07 bits per heavy atom. The van der Waals surface area contributed by atoms with E-state index < -0.39 is 24.1 Å². The summed E-state index contributed by atoms with van der Waals surface area (Å²) in [5.74, 6) is -2.71. The van der Waals surface area contributed by atoms with Crippen molar-refractivity contribution in [1.29, 1.82) is 0 Å². The number of hydrogen-bond donors (Lipinski definition) is 4. The average molecular weight is 220 g/mol. The number of likely N-dealkylation sites (N-methyl/N-ethyl adjacent to an activating group) is 1. The highest BCUT2D eigenvalue weighted by Crippen LogP contribution is 2.37. The minimum atomic E-state index is -2.71. The highest BCUT2D eigenvalue weighted by atomic mass is 16.7. The molecule has 84 valence electrons. The number of rotatable bonds is 0. The summed E-state index contributed by atoms with van der Waals surface area (Å²) in [4.78, 5) is 22.9. The van der Waals surface area contributed by atoms with E-state index in [2.05, 4.69) is 0 Å². The van der Waals surface area contributed by atoms with E-state index in [4.69, 9.17) is 5.21 Å². The maximum Gasteiger partial charge on any atom is 0.374 e. The van der Waals surface area contributed by atoms with Crippen LogP contribution in [0.3, 0.4) is 0 Å². The normalized spacial score (nSPS) is 35.7. The van der Waals surface area contributed by atoms with Gasteiger partial charge in [0.25, 0.3) is 0 Å². The Bertz CT molecular complexity index is 318. The lowest BCUT2D eigenvalue weighted by Gasteiger charge is -2.28. The Kier molecular flexibility index (Phi) is 1.65. The molecule has 0 aliphatic carbocycles. The van der Waals surface area contributed by atoms with Crippen LogP contribution in [0, 0.1) is 0 Å². The summed E-state index contributed by atoms with van der Waals surface area (Å²) < 4.78 is 0. The Hall–Kier alpha value is -1.62. The molecule has 2 rings (SSSR count). The lowest BCUT2D eigenvalue weighted by atomic mass is 10.3. The topological polar surface area (TPSA) is 128 Å². The highest BCUT2D eigenvalue weighted by Gasteiger charge is 2.70. The van der Waals surface area contributed by atoms with Gasteiger partial charge in [0.2, 0.25) is 6.17 Å². The first-order chi connectivity index (χ1) is 6.83. The van der Waals surface area contributed by atoms with Gasteiger partial charge in [-0.25, -0.2) is 9.59 Å². The fourth-order valence-corrected chi connectivity index (χ4v) is 1.63. The van der Waals surface area contributed by atoms with Crippen LogP contribution in [-0.4, -0.2) is 71.9 Å². The van der Waals surface area contributed by atoms with E-state index in [1.807, 2.05) is 0 Å². The van der Waals surface area contributed by atoms with Crippen molar-refractivity contribution < 1.29 is 30.3 Å². The number of carbonyl (C=O) groups is 2. The lowest BCUT2D eigenvalue weighted by Crippen LogP contribution is -2.57. The third-order valence-corrected chi connectivity index (χ3v) is 2.43. The van der Waals surface area contributed by atoms with E-state index in [9.17, 15) is 25.1 Å². The fourth-order valence-electron chi connectivity index (χ4n) is 1.63. The summed E-state index contributed by atoms with van der Waals surface area (Å²) in [6.45, 7) is 0. The molecule has 0 aromatic carbocycles. The molecule has 0 spiro atoms. The Balaban J connectivity index is 2.52. The number of fused-ring (bicyclic) bond motifs is 1. The Labute approximate surface area is 82.6 Å². The molecule has 4 N–H and O–H groups in total. The second-order valence-corrected chi connectivity index (χ2v) is 3.21. The first-order valence-electron chi connectivity index (χ1n) is 3.83. The molecule has 2 saturated heterocycles. The van der Waals surface area contributed by atoms with Gasteiger partial charge < -0.3 is 5.11 Å². The van der Waals surface area contributed by atoms with Crippen LogP contribution in [0.15, 0.2) is 0 Å². The summed E-state index contributed by atoms with van der Waals surface area (Å²) in [5, 5.41) is 36.6. The molecule has 0 bridgehead atoms. The summed E-state index contributed by atoms with van der Waals surface area (Å²) in [6, 6.07) is -2.44. The van der Waals surface area contributed by atoms with Crippen molar-refractivity contribution in [3.63, 3.8) is 0 Å². The van der Waals surface area contributed by atoms with Gasteiger partial charge in [-0.05, 0) is 0 Å². The summed E-state index contributed by atoms with van der Waals surface area (Å²) in [6.07, 6.45) is -1.60. The van der Waals surface area contributed by atoms with E-state index in [0.29, 0.717) is 4.90 Å². The van der Waals surface area contributed by atoms with Gasteiger partial charge in [0, 0.05) is 7.05 Å². The standard InChI is InChI=1S/C5H8N4O6/c1-6-2-5(12,8(14)3(6)10)9(15)4(11)7(2)13/h2,12-15H,1H3. The zero-order valence-electron chi connectivity index (χ0n) is 7.47. The predicted octanol–water partition coefficient (Wildman–Crippen LogP) is -1.77. The summed E-state index contributed by atoms with van der Waals surface area (Å²) in [7, 11) is 1.13. The van der Waals surface area contributed by atoms with Gasteiger partial charge in [-0.3, -0.25) is 20.5 Å². The second-order valence-electron chi connectivity index (χ2n) is 3.21. The molecular formula is C5H8N4O6. The van der Waals surface area contributed by atoms with Crippen LogP contribution in [0.1, 0.15) is 0 Å². The molecule has 10 heteroatoms. The third kappa shape index (κ3) is 0.818. The molecule has 2 atom stereocenters. The molecule has 4 amide bonds.